The molecular formula is C30H33ClN6O. The molecule has 1 aromatic heterocycles. The molecule has 0 spiro atoms. The van der Waals surface area contributed by atoms with E-state index in [1.165, 1.54) is 12.8 Å². The zero-order valence-electron chi connectivity index (χ0n) is 22.0. The number of amides is 1. The van der Waals surface area contributed by atoms with E-state index < -0.39 is 0 Å². The number of anilines is 1. The number of hydrogen-bond donors (Lipinski definition) is 2. The predicted octanol–water partition coefficient (Wildman–Crippen LogP) is 6.27. The normalized spacial score (nSPS) is 17.1. The third-order valence-electron chi connectivity index (χ3n) is 7.18. The zero-order valence-corrected chi connectivity index (χ0v) is 22.8. The van der Waals surface area contributed by atoms with Crippen molar-refractivity contribution in [2.24, 2.45) is 10.9 Å². The lowest BCUT2D eigenvalue weighted by Gasteiger charge is -2.18. The average molecular weight is 529 g/mol. The number of nitrogens with zero attached hydrogens (tertiary/aromatic N) is 4. The van der Waals surface area contributed by atoms with E-state index in [-0.39, 0.29) is 11.8 Å². The Morgan fingerprint density at radius 1 is 1.24 bits per heavy atom. The molecule has 1 saturated carbocycles. The molecule has 196 valence electrons. The molecule has 2 aliphatic rings. The number of aryl methyl sites for hydroxylation is 1. The summed E-state index contributed by atoms with van der Waals surface area (Å²) in [5.41, 5.74) is 5.40. The summed E-state index contributed by atoms with van der Waals surface area (Å²) in [6, 6.07) is 14.0. The molecule has 2 aromatic carbocycles. The first-order valence-corrected chi connectivity index (χ1v) is 13.5. The predicted molar refractivity (Wildman–Crippen MR) is 156 cm³/mol. The second kappa shape index (κ2) is 11.1. The van der Waals surface area contributed by atoms with E-state index in [2.05, 4.69) is 12.2 Å². The highest BCUT2D eigenvalue weighted by Gasteiger charge is 2.27. The first-order valence-electron chi connectivity index (χ1n) is 13.1. The Morgan fingerprint density at radius 2 is 2.00 bits per heavy atom. The Morgan fingerprint density at radius 3 is 2.71 bits per heavy atom. The molecule has 0 radical (unpaired) electrons. The Kier molecular flexibility index (Phi) is 7.58. The molecule has 1 atom stereocenters. The molecule has 1 fully saturated rings. The van der Waals surface area contributed by atoms with Crippen molar-refractivity contribution >= 4 is 40.9 Å². The van der Waals surface area contributed by atoms with Crippen LogP contribution in [0.15, 0.2) is 59.6 Å². The van der Waals surface area contributed by atoms with Gasteiger partial charge in [-0.25, -0.2) is 9.67 Å². The second-order valence-corrected chi connectivity index (χ2v) is 10.5. The molecule has 1 unspecified atom stereocenters. The molecule has 1 aliphatic heterocycles. The first-order chi connectivity index (χ1) is 18.4. The third kappa shape index (κ3) is 5.49. The summed E-state index contributed by atoms with van der Waals surface area (Å²) in [5, 5.41) is 18.0. The van der Waals surface area contributed by atoms with Crippen molar-refractivity contribution in [3.63, 3.8) is 0 Å². The van der Waals surface area contributed by atoms with Gasteiger partial charge in [-0.05, 0) is 68.4 Å². The van der Waals surface area contributed by atoms with E-state index in [1.807, 2.05) is 66.4 Å². The Balaban J connectivity index is 1.54. The van der Waals surface area contributed by atoms with Crippen molar-refractivity contribution in [3.05, 3.63) is 70.8 Å². The van der Waals surface area contributed by atoms with Crippen LogP contribution in [0, 0.1) is 18.3 Å². The molecule has 2 N–H and O–H groups in total. The van der Waals surface area contributed by atoms with E-state index in [0.717, 1.165) is 34.5 Å². The molecule has 8 heteroatoms. The summed E-state index contributed by atoms with van der Waals surface area (Å²) >= 11 is 6.15. The summed E-state index contributed by atoms with van der Waals surface area (Å²) in [4.78, 5) is 19.4. The molecule has 1 aliphatic carbocycles. The molecule has 0 bridgehead atoms. The molecule has 0 saturated heterocycles. The average Bonchev–Trinajstić information content (AvgIpc) is 3.69. The first kappa shape index (κ1) is 26.1. The topological polar surface area (TPSA) is 86.4 Å². The molecule has 2 heterocycles. The maximum atomic E-state index is 12.9. The minimum atomic E-state index is -0.0934. The van der Waals surface area contributed by atoms with Gasteiger partial charge in [-0.3, -0.25) is 4.79 Å². The molecule has 3 aromatic rings. The number of likely N-dealkylation sites (N-methyl/N-ethyl adjacent to an activating group) is 1. The Hall–Kier alpha value is -3.55. The van der Waals surface area contributed by atoms with Gasteiger partial charge in [0.1, 0.15) is 5.69 Å². The Bertz CT molecular complexity index is 1420. The van der Waals surface area contributed by atoms with Crippen molar-refractivity contribution < 1.29 is 4.79 Å². The van der Waals surface area contributed by atoms with Gasteiger partial charge in [-0.2, -0.15) is 5.10 Å². The van der Waals surface area contributed by atoms with E-state index in [9.17, 15) is 4.79 Å². The summed E-state index contributed by atoms with van der Waals surface area (Å²) < 4.78 is 1.81. The van der Waals surface area contributed by atoms with Crippen LogP contribution in [0.4, 0.5) is 11.5 Å². The highest BCUT2D eigenvalue weighted by atomic mass is 35.5. The number of rotatable bonds is 8. The van der Waals surface area contributed by atoms with Crippen LogP contribution in [0.2, 0.25) is 5.02 Å². The van der Waals surface area contributed by atoms with Crippen molar-refractivity contribution in [1.82, 2.24) is 15.1 Å². The molecular weight excluding hydrogens is 496 g/mol. The largest absolute Gasteiger partial charge is 0.312 e. The lowest BCUT2D eigenvalue weighted by Crippen LogP contribution is -2.25. The van der Waals surface area contributed by atoms with Gasteiger partial charge in [-0.15, -0.1) is 0 Å². The maximum absolute atomic E-state index is 12.9. The number of hydrogen-bond acceptors (Lipinski definition) is 5. The van der Waals surface area contributed by atoms with Crippen molar-refractivity contribution in [2.75, 3.05) is 18.5 Å². The van der Waals surface area contributed by atoms with Crippen LogP contribution in [0.3, 0.4) is 0 Å². The fraction of sp³-hybridized carbons (Fsp3) is 0.333. The highest BCUT2D eigenvalue weighted by molar-refractivity contribution is 6.30. The van der Waals surface area contributed by atoms with Crippen LogP contribution in [0.1, 0.15) is 43.7 Å². The molecule has 1 amide bonds. The maximum Gasteiger partial charge on any atom is 0.250 e. The summed E-state index contributed by atoms with van der Waals surface area (Å²) in [6.07, 6.45) is 9.38. The Labute approximate surface area is 228 Å². The van der Waals surface area contributed by atoms with Crippen LogP contribution in [-0.4, -0.2) is 47.2 Å². The van der Waals surface area contributed by atoms with Gasteiger partial charge in [-0.1, -0.05) is 42.8 Å². The number of fused-ring (bicyclic) bond motifs is 1. The third-order valence-corrected chi connectivity index (χ3v) is 7.43. The quantitative estimate of drug-likeness (QED) is 0.338. The minimum Gasteiger partial charge on any atom is -0.312 e. The molecule has 5 rings (SSSR count). The lowest BCUT2D eigenvalue weighted by molar-refractivity contribution is -0.113. The molecule has 38 heavy (non-hydrogen) atoms. The van der Waals surface area contributed by atoms with E-state index >= 15 is 0 Å². The zero-order chi connectivity index (χ0) is 26.8. The number of benzene rings is 2. The highest BCUT2D eigenvalue weighted by Crippen LogP contribution is 2.38. The number of carbonyl (C=O) groups is 1. The van der Waals surface area contributed by atoms with Crippen molar-refractivity contribution in [2.45, 2.75) is 45.6 Å². The van der Waals surface area contributed by atoms with Gasteiger partial charge in [0.2, 0.25) is 5.91 Å². The monoisotopic (exact) mass is 528 g/mol. The number of carbonyl (C=O) groups excluding carboxylic acids is 1. The van der Waals surface area contributed by atoms with Crippen molar-refractivity contribution in [1.29, 1.82) is 5.41 Å². The van der Waals surface area contributed by atoms with Gasteiger partial charge in [0.25, 0.3) is 0 Å². The van der Waals surface area contributed by atoms with Gasteiger partial charge < -0.3 is 15.6 Å². The number of aromatic nitrogens is 2. The van der Waals surface area contributed by atoms with E-state index in [0.29, 0.717) is 41.3 Å². The molecule has 7 nitrogen and oxygen atoms in total. The lowest BCUT2D eigenvalue weighted by atomic mass is 9.96. The number of nitrogens with one attached hydrogen (secondary N) is 2. The van der Waals surface area contributed by atoms with Crippen LogP contribution in [0.25, 0.3) is 16.9 Å². The van der Waals surface area contributed by atoms with Gasteiger partial charge in [0.15, 0.2) is 5.82 Å². The minimum absolute atomic E-state index is 0.0934. The summed E-state index contributed by atoms with van der Waals surface area (Å²) in [5.74, 6) is 0.735. The van der Waals surface area contributed by atoms with Crippen LogP contribution >= 0.6 is 11.6 Å². The standard InChI is InChI=1S/C30H33ClN6O/c1-4-20-16-25(32)28-29(21-8-10-22(31)11-9-21)35-37(30(28)34-18-20)26-17-24(14-7-19(26)2)36(3)27(38)6-5-15-33-23-12-13-23/h5-11,14,17-18,20,23,32-33H,4,12-13,15-16H2,1-3H3. The van der Waals surface area contributed by atoms with Crippen molar-refractivity contribution in [3.8, 4) is 16.9 Å². The summed E-state index contributed by atoms with van der Waals surface area (Å²) in [7, 11) is 1.78. The van der Waals surface area contributed by atoms with E-state index in [4.69, 9.17) is 27.1 Å². The fourth-order valence-corrected chi connectivity index (χ4v) is 4.71. The number of aliphatic imine (C=N–C) groups is 1. The van der Waals surface area contributed by atoms with Crippen LogP contribution < -0.4 is 10.2 Å². The van der Waals surface area contributed by atoms with Gasteiger partial charge in [0, 0.05) is 53.9 Å². The SMILES string of the molecule is CCC1C=Nc2c(c(-c3ccc(Cl)cc3)nn2-c2cc(N(C)C(=O)C=CCNC3CC3)ccc2C)C(=N)C1. The fourth-order valence-electron chi connectivity index (χ4n) is 4.58. The summed E-state index contributed by atoms with van der Waals surface area (Å²) in [6.45, 7) is 4.82. The van der Waals surface area contributed by atoms with E-state index in [1.54, 1.807) is 18.0 Å². The van der Waals surface area contributed by atoms with Crippen LogP contribution in [0.5, 0.6) is 0 Å². The van der Waals surface area contributed by atoms with Gasteiger partial charge in [0.05, 0.1) is 11.3 Å². The van der Waals surface area contributed by atoms with Crippen LogP contribution in [-0.2, 0) is 4.79 Å². The van der Waals surface area contributed by atoms with Gasteiger partial charge >= 0.3 is 0 Å². The second-order valence-electron chi connectivity index (χ2n) is 10.0. The number of halogens is 1. The smallest absolute Gasteiger partial charge is 0.250 e.